The SMILES string of the molecule is C1=CC([Si](c2ccccc2)(c2ccccc2)n2c3cccnc3c3nc4c5ccccc5n(-c5ccccc5)c4nc32)=CCC1. The van der Waals surface area contributed by atoms with Crippen molar-refractivity contribution in [3.8, 4) is 5.69 Å². The Kier molecular flexibility index (Phi) is 5.89. The Labute approximate surface area is 261 Å². The minimum atomic E-state index is -2.98. The van der Waals surface area contributed by atoms with Gasteiger partial charge in [0.2, 0.25) is 0 Å². The molecule has 4 aromatic heterocycles. The van der Waals surface area contributed by atoms with Crippen LogP contribution in [0.4, 0.5) is 0 Å². The summed E-state index contributed by atoms with van der Waals surface area (Å²) in [6.07, 6.45) is 11.1. The molecule has 0 spiro atoms. The summed E-state index contributed by atoms with van der Waals surface area (Å²) in [4.78, 5) is 16.1. The normalized spacial score (nSPS) is 13.6. The second-order valence-electron chi connectivity index (χ2n) is 11.5. The molecule has 0 radical (unpaired) electrons. The van der Waals surface area contributed by atoms with Crippen molar-refractivity contribution in [3.05, 3.63) is 157 Å². The second-order valence-corrected chi connectivity index (χ2v) is 15.1. The van der Waals surface area contributed by atoms with Crippen LogP contribution in [0.1, 0.15) is 12.8 Å². The van der Waals surface area contributed by atoms with Gasteiger partial charge in [0.05, 0.1) is 11.0 Å². The van der Waals surface area contributed by atoms with E-state index in [1.807, 2.05) is 12.3 Å². The van der Waals surface area contributed by atoms with E-state index in [1.54, 1.807) is 0 Å². The summed E-state index contributed by atoms with van der Waals surface area (Å²) >= 11 is 0. The van der Waals surface area contributed by atoms with Crippen molar-refractivity contribution in [1.29, 1.82) is 0 Å². The minimum absolute atomic E-state index is 0.832. The average Bonchev–Trinajstić information content (AvgIpc) is 3.62. The van der Waals surface area contributed by atoms with Gasteiger partial charge in [0.15, 0.2) is 11.3 Å². The van der Waals surface area contributed by atoms with Crippen LogP contribution in [-0.2, 0) is 0 Å². The largest absolute Gasteiger partial charge is 0.337 e. The highest BCUT2D eigenvalue weighted by Crippen LogP contribution is 2.37. The molecule has 0 aliphatic heterocycles. The van der Waals surface area contributed by atoms with Crippen molar-refractivity contribution in [2.45, 2.75) is 12.8 Å². The van der Waals surface area contributed by atoms with E-state index in [4.69, 9.17) is 15.0 Å². The number of benzene rings is 4. The van der Waals surface area contributed by atoms with Gasteiger partial charge >= 0.3 is 0 Å². The molecule has 4 aromatic carbocycles. The number of para-hydroxylation sites is 2. The summed E-state index contributed by atoms with van der Waals surface area (Å²) in [5, 5.41) is 5.01. The van der Waals surface area contributed by atoms with E-state index < -0.39 is 8.24 Å². The minimum Gasteiger partial charge on any atom is -0.337 e. The van der Waals surface area contributed by atoms with Crippen molar-refractivity contribution in [2.24, 2.45) is 0 Å². The Morgan fingerprint density at radius 1 is 0.556 bits per heavy atom. The maximum atomic E-state index is 5.65. The summed E-state index contributed by atoms with van der Waals surface area (Å²) < 4.78 is 4.79. The fraction of sp³-hybridized carbons (Fsp3) is 0.0513. The van der Waals surface area contributed by atoms with E-state index in [0.717, 1.165) is 62.8 Å². The molecule has 214 valence electrons. The Balaban J connectivity index is 1.52. The van der Waals surface area contributed by atoms with E-state index in [0.29, 0.717) is 0 Å². The second kappa shape index (κ2) is 10.3. The standard InChI is InChI=1S/C39H29N5Si/c1-5-16-28(17-6-1)43-33-25-14-13-24-32(33)35-38(43)42-39-37(41-35)36-34(26-15-27-40-36)44(39)45(29-18-7-2-8-19-29,30-20-9-3-10-21-30)31-22-11-4-12-23-31/h1-3,5-11,13-27H,4,12H2. The number of rotatable bonds is 5. The number of aromatic nitrogens is 5. The lowest BCUT2D eigenvalue weighted by Crippen LogP contribution is -2.65. The first-order valence-electron chi connectivity index (χ1n) is 15.5. The molecule has 0 amide bonds. The zero-order valence-electron chi connectivity index (χ0n) is 24.6. The maximum absolute atomic E-state index is 5.65. The first kappa shape index (κ1) is 25.9. The molecular weight excluding hydrogens is 567 g/mol. The molecule has 0 atom stereocenters. The summed E-state index contributed by atoms with van der Waals surface area (Å²) in [6.45, 7) is 0. The molecule has 1 aliphatic carbocycles. The molecule has 8 aromatic rings. The van der Waals surface area contributed by atoms with Crippen molar-refractivity contribution in [2.75, 3.05) is 0 Å². The topological polar surface area (TPSA) is 48.5 Å². The molecule has 1 aliphatic rings. The quantitative estimate of drug-likeness (QED) is 0.194. The molecule has 0 fully saturated rings. The lowest BCUT2D eigenvalue weighted by Gasteiger charge is -2.37. The maximum Gasteiger partial charge on any atom is 0.258 e. The highest BCUT2D eigenvalue weighted by atomic mass is 28.3. The fourth-order valence-electron chi connectivity index (χ4n) is 7.23. The first-order valence-corrected chi connectivity index (χ1v) is 17.4. The van der Waals surface area contributed by atoms with Gasteiger partial charge < -0.3 is 4.23 Å². The summed E-state index contributed by atoms with van der Waals surface area (Å²) in [5.74, 6) is 0. The summed E-state index contributed by atoms with van der Waals surface area (Å²) in [5.41, 5.74) is 7.49. The van der Waals surface area contributed by atoms with Crippen molar-refractivity contribution < 1.29 is 0 Å². The first-order chi connectivity index (χ1) is 22.4. The molecule has 4 heterocycles. The van der Waals surface area contributed by atoms with Gasteiger partial charge in [-0.25, -0.2) is 9.97 Å². The van der Waals surface area contributed by atoms with Gasteiger partial charge in [-0.3, -0.25) is 9.55 Å². The van der Waals surface area contributed by atoms with Gasteiger partial charge in [-0.15, -0.1) is 0 Å². The lowest BCUT2D eigenvalue weighted by molar-refractivity contribution is 1.03. The third-order valence-electron chi connectivity index (χ3n) is 9.08. The number of hydrogen-bond donors (Lipinski definition) is 0. The van der Waals surface area contributed by atoms with E-state index in [2.05, 4.69) is 148 Å². The smallest absolute Gasteiger partial charge is 0.258 e. The highest BCUT2D eigenvalue weighted by molar-refractivity contribution is 7.07. The van der Waals surface area contributed by atoms with Crippen molar-refractivity contribution in [1.82, 2.24) is 23.8 Å². The lowest BCUT2D eigenvalue weighted by atomic mass is 10.2. The predicted molar refractivity (Wildman–Crippen MR) is 187 cm³/mol. The number of hydrogen-bond acceptors (Lipinski definition) is 3. The van der Waals surface area contributed by atoms with E-state index in [1.165, 1.54) is 15.6 Å². The van der Waals surface area contributed by atoms with Crippen LogP contribution in [-0.4, -0.2) is 32.0 Å². The van der Waals surface area contributed by atoms with Gasteiger partial charge in [-0.1, -0.05) is 115 Å². The molecule has 9 rings (SSSR count). The molecule has 0 bridgehead atoms. The third-order valence-corrected chi connectivity index (χ3v) is 13.7. The number of fused-ring (bicyclic) bond motifs is 6. The molecule has 0 N–H and O–H groups in total. The molecule has 45 heavy (non-hydrogen) atoms. The summed E-state index contributed by atoms with van der Waals surface area (Å²) in [6, 6.07) is 45.2. The van der Waals surface area contributed by atoms with Crippen LogP contribution < -0.4 is 10.4 Å². The Morgan fingerprint density at radius 3 is 1.93 bits per heavy atom. The average molecular weight is 596 g/mol. The molecule has 6 heteroatoms. The van der Waals surface area contributed by atoms with E-state index in [-0.39, 0.29) is 0 Å². The van der Waals surface area contributed by atoms with Crippen LogP contribution in [0.15, 0.2) is 157 Å². The monoisotopic (exact) mass is 595 g/mol. The van der Waals surface area contributed by atoms with Crippen LogP contribution in [0.2, 0.25) is 0 Å². The molecule has 5 nitrogen and oxygen atoms in total. The number of nitrogens with zero attached hydrogens (tertiary/aromatic N) is 5. The van der Waals surface area contributed by atoms with Gasteiger partial charge in [0.1, 0.15) is 16.6 Å². The third kappa shape index (κ3) is 3.76. The van der Waals surface area contributed by atoms with Gasteiger partial charge in [0, 0.05) is 17.3 Å². The van der Waals surface area contributed by atoms with Crippen molar-refractivity contribution in [3.63, 3.8) is 0 Å². The molecular formula is C39H29N5Si. The Morgan fingerprint density at radius 2 is 1.22 bits per heavy atom. The summed E-state index contributed by atoms with van der Waals surface area (Å²) in [7, 11) is -2.98. The van der Waals surface area contributed by atoms with Crippen molar-refractivity contribution >= 4 is 62.9 Å². The number of allylic oxidation sites excluding steroid dienone is 4. The van der Waals surface area contributed by atoms with Crippen LogP contribution >= 0.6 is 0 Å². The van der Waals surface area contributed by atoms with Gasteiger partial charge in [0.25, 0.3) is 8.24 Å². The molecule has 0 saturated carbocycles. The molecule has 0 saturated heterocycles. The fourth-order valence-corrected chi connectivity index (χ4v) is 12.2. The van der Waals surface area contributed by atoms with Gasteiger partial charge in [-0.05, 0) is 58.7 Å². The highest BCUT2D eigenvalue weighted by Gasteiger charge is 2.46. The molecule has 0 unspecified atom stereocenters. The Hall–Kier alpha value is -5.59. The van der Waals surface area contributed by atoms with Crippen LogP contribution in [0.25, 0.3) is 50.0 Å². The van der Waals surface area contributed by atoms with Gasteiger partial charge in [-0.2, -0.15) is 0 Å². The Bertz CT molecular complexity index is 2380. The zero-order chi connectivity index (χ0) is 29.8. The predicted octanol–water partition coefficient (Wildman–Crippen LogP) is 7.50. The zero-order valence-corrected chi connectivity index (χ0v) is 25.6. The van der Waals surface area contributed by atoms with Crippen LogP contribution in [0.5, 0.6) is 0 Å². The van der Waals surface area contributed by atoms with E-state index >= 15 is 0 Å². The number of pyridine rings is 1. The van der Waals surface area contributed by atoms with Crippen LogP contribution in [0, 0.1) is 0 Å². The van der Waals surface area contributed by atoms with E-state index in [9.17, 15) is 0 Å². The van der Waals surface area contributed by atoms with Crippen LogP contribution in [0.3, 0.4) is 0 Å².